The molecule has 6 nitrogen and oxygen atoms in total. The maximum Gasteiger partial charge on any atom is 0.417 e. The van der Waals surface area contributed by atoms with Gasteiger partial charge in [-0.15, -0.1) is 11.8 Å². The molecular formula is C26H28F5N5OS. The van der Waals surface area contributed by atoms with Crippen molar-refractivity contribution in [3.63, 3.8) is 0 Å². The van der Waals surface area contributed by atoms with Crippen LogP contribution >= 0.6 is 11.8 Å². The van der Waals surface area contributed by atoms with Gasteiger partial charge in [-0.25, -0.2) is 13.6 Å². The molecule has 0 radical (unpaired) electrons. The molecule has 0 unspecified atom stereocenters. The van der Waals surface area contributed by atoms with Gasteiger partial charge in [-0.2, -0.15) is 18.2 Å². The van der Waals surface area contributed by atoms with Gasteiger partial charge in [0.15, 0.2) is 0 Å². The van der Waals surface area contributed by atoms with Gasteiger partial charge >= 0.3 is 11.9 Å². The molecule has 1 fully saturated rings. The number of anilines is 1. The first kappa shape index (κ1) is 26.9. The fraction of sp³-hybridized carbons (Fsp3) is 0.462. The molecular weight excluding hydrogens is 525 g/mol. The number of nitrogens with zero attached hydrogens (tertiary/aromatic N) is 4. The largest absolute Gasteiger partial charge is 0.417 e. The second kappa shape index (κ2) is 9.80. The normalized spacial score (nSPS) is 22.3. The van der Waals surface area contributed by atoms with Crippen LogP contribution in [0.5, 0.6) is 0 Å². The second-order valence-corrected chi connectivity index (χ2v) is 11.3. The van der Waals surface area contributed by atoms with Crippen molar-refractivity contribution in [2.75, 3.05) is 37.8 Å². The number of aromatic nitrogens is 2. The lowest BCUT2D eigenvalue weighted by Crippen LogP contribution is -2.55. The average Bonchev–Trinajstić information content (AvgIpc) is 3.01. The summed E-state index contributed by atoms with van der Waals surface area (Å²) in [4.78, 5) is 21.7. The van der Waals surface area contributed by atoms with Crippen LogP contribution in [0.15, 0.2) is 34.0 Å². The van der Waals surface area contributed by atoms with Crippen molar-refractivity contribution in [1.82, 2.24) is 19.8 Å². The van der Waals surface area contributed by atoms with Gasteiger partial charge in [0, 0.05) is 71.0 Å². The van der Waals surface area contributed by atoms with Gasteiger partial charge in [0.1, 0.15) is 17.5 Å². The molecule has 0 bridgehead atoms. The first-order valence-electron chi connectivity index (χ1n) is 12.3. The summed E-state index contributed by atoms with van der Waals surface area (Å²) in [7, 11) is 3.66. The van der Waals surface area contributed by atoms with Crippen molar-refractivity contribution in [3.8, 4) is 11.1 Å². The van der Waals surface area contributed by atoms with Gasteiger partial charge in [-0.05, 0) is 46.1 Å². The summed E-state index contributed by atoms with van der Waals surface area (Å²) < 4.78 is 74.2. The number of piperazine rings is 1. The number of thioether (sulfide) groups is 1. The Morgan fingerprint density at radius 2 is 1.76 bits per heavy atom. The Hall–Kier alpha value is -2.70. The average molecular weight is 554 g/mol. The quantitative estimate of drug-likeness (QED) is 0.480. The van der Waals surface area contributed by atoms with Crippen molar-refractivity contribution in [2.24, 2.45) is 0 Å². The van der Waals surface area contributed by atoms with Crippen LogP contribution in [0.3, 0.4) is 0 Å². The Morgan fingerprint density at radius 1 is 1.08 bits per heavy atom. The Morgan fingerprint density at radius 3 is 2.37 bits per heavy atom. The molecule has 0 amide bonds. The molecule has 5 rings (SSSR count). The topological polar surface area (TPSA) is 53.4 Å². The minimum absolute atomic E-state index is 0.0235. The van der Waals surface area contributed by atoms with E-state index in [0.717, 1.165) is 30.0 Å². The molecule has 3 aromatic rings. The molecule has 204 valence electrons. The molecule has 0 aliphatic carbocycles. The lowest BCUT2D eigenvalue weighted by molar-refractivity contribution is -0.137. The van der Waals surface area contributed by atoms with Crippen molar-refractivity contribution >= 4 is 28.5 Å². The third-order valence-electron chi connectivity index (χ3n) is 7.11. The Kier molecular flexibility index (Phi) is 6.93. The zero-order valence-corrected chi connectivity index (χ0v) is 22.2. The van der Waals surface area contributed by atoms with Gasteiger partial charge in [0.2, 0.25) is 0 Å². The number of benzene rings is 2. The molecule has 1 aromatic heterocycles. The lowest BCUT2D eigenvalue weighted by atomic mass is 9.95. The van der Waals surface area contributed by atoms with Gasteiger partial charge in [0.05, 0.1) is 11.1 Å². The number of halogens is 5. The summed E-state index contributed by atoms with van der Waals surface area (Å²) in [6.45, 7) is 5.03. The maximum atomic E-state index is 15.1. The highest BCUT2D eigenvalue weighted by Gasteiger charge is 2.39. The van der Waals surface area contributed by atoms with Crippen molar-refractivity contribution < 1.29 is 22.0 Å². The van der Waals surface area contributed by atoms with E-state index in [4.69, 9.17) is 0 Å². The van der Waals surface area contributed by atoms with Crippen LogP contribution in [0.1, 0.15) is 19.4 Å². The monoisotopic (exact) mass is 553 g/mol. The third-order valence-corrected chi connectivity index (χ3v) is 8.34. The number of rotatable bonds is 3. The number of likely N-dealkylation sites (N-methyl/N-ethyl adjacent to an activating group) is 1. The molecule has 2 aromatic carbocycles. The van der Waals surface area contributed by atoms with E-state index in [0.29, 0.717) is 30.4 Å². The summed E-state index contributed by atoms with van der Waals surface area (Å²) in [5.74, 6) is -1.45. The molecule has 1 N–H and O–H groups in total. The van der Waals surface area contributed by atoms with E-state index in [2.05, 4.69) is 10.3 Å². The van der Waals surface area contributed by atoms with E-state index in [1.54, 1.807) is 0 Å². The molecule has 0 saturated carbocycles. The van der Waals surface area contributed by atoms with E-state index >= 15 is 4.39 Å². The number of hydrogen-bond acceptors (Lipinski definition) is 6. The van der Waals surface area contributed by atoms with Gasteiger partial charge in [-0.3, -0.25) is 4.57 Å². The van der Waals surface area contributed by atoms with Gasteiger partial charge < -0.3 is 15.1 Å². The van der Waals surface area contributed by atoms with Crippen LogP contribution in [0.25, 0.3) is 22.0 Å². The smallest absolute Gasteiger partial charge is 0.353 e. The molecule has 38 heavy (non-hydrogen) atoms. The first-order valence-corrected chi connectivity index (χ1v) is 13.3. The van der Waals surface area contributed by atoms with E-state index in [1.165, 1.54) is 4.57 Å². The fourth-order valence-electron chi connectivity index (χ4n) is 5.38. The van der Waals surface area contributed by atoms with Crippen LogP contribution in [-0.2, 0) is 12.7 Å². The van der Waals surface area contributed by atoms with E-state index in [-0.39, 0.29) is 51.9 Å². The highest BCUT2D eigenvalue weighted by atomic mass is 32.2. The van der Waals surface area contributed by atoms with Gasteiger partial charge in [-0.1, -0.05) is 0 Å². The van der Waals surface area contributed by atoms with E-state index in [1.807, 2.05) is 37.7 Å². The summed E-state index contributed by atoms with van der Waals surface area (Å²) in [5.41, 5.74) is -2.09. The Balaban J connectivity index is 1.91. The lowest BCUT2D eigenvalue weighted by Gasteiger charge is -2.37. The maximum absolute atomic E-state index is 15.1. The van der Waals surface area contributed by atoms with Crippen molar-refractivity contribution in [3.05, 3.63) is 51.9 Å². The molecule has 0 spiro atoms. The van der Waals surface area contributed by atoms with Crippen LogP contribution in [0, 0.1) is 11.6 Å². The summed E-state index contributed by atoms with van der Waals surface area (Å²) >= 11 is 1.15. The van der Waals surface area contributed by atoms with Crippen LogP contribution < -0.4 is 15.9 Å². The summed E-state index contributed by atoms with van der Waals surface area (Å²) in [6.07, 6.45) is -4.85. The predicted molar refractivity (Wildman–Crippen MR) is 139 cm³/mol. The summed E-state index contributed by atoms with van der Waals surface area (Å²) in [5, 5.41) is 3.56. The molecule has 2 aliphatic rings. The standard InChI is InChI=1S/C26H28F5N5OS/c1-13-9-35(10-14(2)32-13)24-18-8-19(26(29,30)31)21(17-6-5-15(27)7-20(17)28)23-22(18)36(25(37)33-24)11-16(12-38-23)34(3)4/h5-8,13-14,16,32H,9-12H2,1-4H3/t13-,14+,16-/m1/s1. The second-order valence-electron chi connectivity index (χ2n) is 10.3. The van der Waals surface area contributed by atoms with Crippen LogP contribution in [-0.4, -0.2) is 65.5 Å². The van der Waals surface area contributed by atoms with Gasteiger partial charge in [0.25, 0.3) is 0 Å². The number of nitrogens with one attached hydrogen (secondary N) is 1. The molecule has 2 aliphatic heterocycles. The van der Waals surface area contributed by atoms with E-state index < -0.39 is 29.1 Å². The zero-order chi connectivity index (χ0) is 27.5. The van der Waals surface area contributed by atoms with E-state index in [9.17, 15) is 22.4 Å². The van der Waals surface area contributed by atoms with Crippen LogP contribution in [0.4, 0.5) is 27.8 Å². The molecule has 1 saturated heterocycles. The van der Waals surface area contributed by atoms with Crippen LogP contribution in [0.2, 0.25) is 0 Å². The third kappa shape index (κ3) is 4.77. The first-order chi connectivity index (χ1) is 17.8. The molecule has 3 atom stereocenters. The Labute approximate surface area is 220 Å². The SMILES string of the molecule is C[C@@H]1CN(c2nc(=O)n3c4c(c(-c5ccc(F)cc5F)c(C(F)(F)F)cc24)SC[C@H](N(C)C)C3)C[C@H](C)N1. The van der Waals surface area contributed by atoms with Crippen molar-refractivity contribution in [2.45, 2.75) is 49.6 Å². The highest BCUT2D eigenvalue weighted by molar-refractivity contribution is 7.99. The predicted octanol–water partition coefficient (Wildman–Crippen LogP) is 4.58. The Bertz CT molecular complexity index is 1450. The highest BCUT2D eigenvalue weighted by Crippen LogP contribution is 2.48. The minimum atomic E-state index is -4.85. The fourth-order valence-corrected chi connectivity index (χ4v) is 6.87. The number of hydrogen-bond donors (Lipinski definition) is 1. The number of alkyl halides is 3. The molecule has 3 heterocycles. The molecule has 12 heteroatoms. The zero-order valence-electron chi connectivity index (χ0n) is 21.4. The minimum Gasteiger partial charge on any atom is -0.353 e. The van der Waals surface area contributed by atoms with Crippen molar-refractivity contribution in [1.29, 1.82) is 0 Å². The summed E-state index contributed by atoms with van der Waals surface area (Å²) in [6, 6.07) is 3.37.